The van der Waals surface area contributed by atoms with Crippen LogP contribution in [0.5, 0.6) is 0 Å². The summed E-state index contributed by atoms with van der Waals surface area (Å²) in [6, 6.07) is 0. The summed E-state index contributed by atoms with van der Waals surface area (Å²) in [5.41, 5.74) is 0. The van der Waals surface area contributed by atoms with Gasteiger partial charge >= 0.3 is 0 Å². The van der Waals surface area contributed by atoms with Crippen molar-refractivity contribution in [2.24, 2.45) is 5.92 Å². The Balaban J connectivity index is 4.02. The molecule has 0 aromatic carbocycles. The quantitative estimate of drug-likeness (QED) is 0.467. The van der Waals surface area contributed by atoms with E-state index < -0.39 is 0 Å². The highest BCUT2D eigenvalue weighted by Gasteiger charge is 2.18. The second-order valence-electron chi connectivity index (χ2n) is 5.16. The number of allylic oxidation sites excluding steroid dienone is 2. The van der Waals surface area contributed by atoms with Gasteiger partial charge in [-0.2, -0.15) is 0 Å². The maximum absolute atomic E-state index is 6.22. The standard InChI is InChI=1S/C16H32O/c1-6-9-11-12-15(5)17-16(13-10-7-2)14(4)8-3/h6,9,14-16H,7-8,10-13H2,1-5H3. The van der Waals surface area contributed by atoms with Gasteiger partial charge in [-0.3, -0.25) is 0 Å². The Morgan fingerprint density at radius 2 is 1.82 bits per heavy atom. The lowest BCUT2D eigenvalue weighted by Gasteiger charge is -2.27. The van der Waals surface area contributed by atoms with Gasteiger partial charge in [0.1, 0.15) is 0 Å². The first-order valence-corrected chi connectivity index (χ1v) is 7.42. The fourth-order valence-electron chi connectivity index (χ4n) is 2.02. The van der Waals surface area contributed by atoms with Crippen LogP contribution in [0.3, 0.4) is 0 Å². The van der Waals surface area contributed by atoms with Crippen molar-refractivity contribution in [1.82, 2.24) is 0 Å². The lowest BCUT2D eigenvalue weighted by Crippen LogP contribution is -2.26. The van der Waals surface area contributed by atoms with Crippen molar-refractivity contribution in [3.8, 4) is 0 Å². The molecule has 0 fully saturated rings. The number of ether oxygens (including phenoxy) is 1. The minimum absolute atomic E-state index is 0.391. The van der Waals surface area contributed by atoms with Crippen molar-refractivity contribution < 1.29 is 4.74 Å². The number of unbranched alkanes of at least 4 members (excludes halogenated alkanes) is 1. The minimum atomic E-state index is 0.391. The van der Waals surface area contributed by atoms with Crippen molar-refractivity contribution in [2.75, 3.05) is 0 Å². The molecular weight excluding hydrogens is 208 g/mol. The molecule has 0 spiro atoms. The monoisotopic (exact) mass is 240 g/mol. The first kappa shape index (κ1) is 16.7. The van der Waals surface area contributed by atoms with E-state index in [2.05, 4.69) is 46.8 Å². The average molecular weight is 240 g/mol. The second-order valence-corrected chi connectivity index (χ2v) is 5.16. The van der Waals surface area contributed by atoms with E-state index >= 15 is 0 Å². The van der Waals surface area contributed by atoms with Gasteiger partial charge in [-0.05, 0) is 39.0 Å². The largest absolute Gasteiger partial charge is 0.375 e. The van der Waals surface area contributed by atoms with E-state index in [1.165, 1.54) is 25.7 Å². The van der Waals surface area contributed by atoms with Gasteiger partial charge in [0.2, 0.25) is 0 Å². The Labute approximate surface area is 109 Å². The zero-order valence-electron chi connectivity index (χ0n) is 12.5. The predicted octanol–water partition coefficient (Wildman–Crippen LogP) is 5.35. The summed E-state index contributed by atoms with van der Waals surface area (Å²) in [4.78, 5) is 0. The zero-order chi connectivity index (χ0) is 13.1. The Morgan fingerprint density at radius 1 is 1.12 bits per heavy atom. The molecule has 0 saturated carbocycles. The molecule has 17 heavy (non-hydrogen) atoms. The summed E-state index contributed by atoms with van der Waals surface area (Å²) < 4.78 is 6.22. The summed E-state index contributed by atoms with van der Waals surface area (Å²) in [6.07, 6.45) is 12.5. The number of rotatable bonds is 10. The highest BCUT2D eigenvalue weighted by molar-refractivity contribution is 4.78. The predicted molar refractivity (Wildman–Crippen MR) is 77.4 cm³/mol. The van der Waals surface area contributed by atoms with E-state index in [-0.39, 0.29) is 0 Å². The lowest BCUT2D eigenvalue weighted by molar-refractivity contribution is -0.0394. The molecule has 0 rings (SSSR count). The Morgan fingerprint density at radius 3 is 2.35 bits per heavy atom. The molecule has 102 valence electrons. The zero-order valence-corrected chi connectivity index (χ0v) is 12.5. The van der Waals surface area contributed by atoms with Crippen LogP contribution in [-0.4, -0.2) is 12.2 Å². The Bertz CT molecular complexity index is 186. The molecular formula is C16H32O. The van der Waals surface area contributed by atoms with Crippen LogP contribution >= 0.6 is 0 Å². The van der Waals surface area contributed by atoms with E-state index in [0.717, 1.165) is 12.8 Å². The van der Waals surface area contributed by atoms with Gasteiger partial charge in [0.15, 0.2) is 0 Å². The molecule has 0 aliphatic carbocycles. The lowest BCUT2D eigenvalue weighted by atomic mass is 9.97. The average Bonchev–Trinajstić information content (AvgIpc) is 2.33. The van der Waals surface area contributed by atoms with E-state index in [1.54, 1.807) is 0 Å². The second kappa shape index (κ2) is 10.8. The molecule has 0 aromatic rings. The summed E-state index contributed by atoms with van der Waals surface area (Å²) in [7, 11) is 0. The molecule has 0 bridgehead atoms. The maximum Gasteiger partial charge on any atom is 0.0604 e. The van der Waals surface area contributed by atoms with Gasteiger partial charge < -0.3 is 4.74 Å². The molecule has 0 N–H and O–H groups in total. The van der Waals surface area contributed by atoms with E-state index in [9.17, 15) is 0 Å². The van der Waals surface area contributed by atoms with Gasteiger partial charge in [-0.15, -0.1) is 0 Å². The molecule has 0 aliphatic rings. The van der Waals surface area contributed by atoms with Crippen molar-refractivity contribution >= 4 is 0 Å². The van der Waals surface area contributed by atoms with Crippen LogP contribution in [0.2, 0.25) is 0 Å². The molecule has 0 saturated heterocycles. The maximum atomic E-state index is 6.22. The van der Waals surface area contributed by atoms with Gasteiger partial charge in [0, 0.05) is 0 Å². The molecule has 0 radical (unpaired) electrons. The van der Waals surface area contributed by atoms with E-state index in [4.69, 9.17) is 4.74 Å². The van der Waals surface area contributed by atoms with Gasteiger partial charge in [-0.1, -0.05) is 52.2 Å². The molecule has 1 nitrogen and oxygen atoms in total. The fourth-order valence-corrected chi connectivity index (χ4v) is 2.02. The molecule has 3 unspecified atom stereocenters. The van der Waals surface area contributed by atoms with E-state index in [1.807, 2.05) is 0 Å². The van der Waals surface area contributed by atoms with Crippen LogP contribution in [0.1, 0.15) is 73.1 Å². The van der Waals surface area contributed by atoms with Crippen molar-refractivity contribution in [3.63, 3.8) is 0 Å². The Kier molecular flexibility index (Phi) is 10.6. The number of hydrogen-bond donors (Lipinski definition) is 0. The molecule has 1 heteroatoms. The summed E-state index contributed by atoms with van der Waals surface area (Å²) >= 11 is 0. The summed E-state index contributed by atoms with van der Waals surface area (Å²) in [6.45, 7) is 11.1. The van der Waals surface area contributed by atoms with Crippen LogP contribution in [0.15, 0.2) is 12.2 Å². The topological polar surface area (TPSA) is 9.23 Å². The third kappa shape index (κ3) is 8.43. The molecule has 0 heterocycles. The molecule has 3 atom stereocenters. The summed E-state index contributed by atoms with van der Waals surface area (Å²) in [5, 5.41) is 0. The fraction of sp³-hybridized carbons (Fsp3) is 0.875. The molecule has 0 amide bonds. The number of hydrogen-bond acceptors (Lipinski definition) is 1. The van der Waals surface area contributed by atoms with Gasteiger partial charge in [-0.25, -0.2) is 0 Å². The van der Waals surface area contributed by atoms with Crippen LogP contribution < -0.4 is 0 Å². The van der Waals surface area contributed by atoms with E-state index in [0.29, 0.717) is 18.1 Å². The third-order valence-corrected chi connectivity index (χ3v) is 3.50. The SMILES string of the molecule is CC=CCCC(C)OC(CCCC)C(C)CC. The molecule has 0 aliphatic heterocycles. The minimum Gasteiger partial charge on any atom is -0.375 e. The highest BCUT2D eigenvalue weighted by atomic mass is 16.5. The van der Waals surface area contributed by atoms with Crippen molar-refractivity contribution in [3.05, 3.63) is 12.2 Å². The van der Waals surface area contributed by atoms with Crippen LogP contribution in [-0.2, 0) is 4.74 Å². The van der Waals surface area contributed by atoms with Gasteiger partial charge in [0.25, 0.3) is 0 Å². The first-order chi connectivity index (χ1) is 8.15. The smallest absolute Gasteiger partial charge is 0.0604 e. The third-order valence-electron chi connectivity index (χ3n) is 3.50. The normalized spacial score (nSPS) is 17.2. The van der Waals surface area contributed by atoms with Gasteiger partial charge in [0.05, 0.1) is 12.2 Å². The van der Waals surface area contributed by atoms with Crippen molar-refractivity contribution in [1.29, 1.82) is 0 Å². The summed E-state index contributed by atoms with van der Waals surface area (Å²) in [5.74, 6) is 0.686. The Hall–Kier alpha value is -0.300. The highest BCUT2D eigenvalue weighted by Crippen LogP contribution is 2.20. The first-order valence-electron chi connectivity index (χ1n) is 7.42. The van der Waals surface area contributed by atoms with Crippen LogP contribution in [0.25, 0.3) is 0 Å². The molecule has 0 aromatic heterocycles. The van der Waals surface area contributed by atoms with Crippen LogP contribution in [0, 0.1) is 5.92 Å². The van der Waals surface area contributed by atoms with Crippen molar-refractivity contribution in [2.45, 2.75) is 85.4 Å². The van der Waals surface area contributed by atoms with Crippen LogP contribution in [0.4, 0.5) is 0 Å².